The first-order chi connectivity index (χ1) is 12.1. The maximum absolute atomic E-state index is 12.5. The molecule has 0 radical (unpaired) electrons. The third kappa shape index (κ3) is 4.82. The van der Waals surface area contributed by atoms with Crippen molar-refractivity contribution < 1.29 is 18.8 Å². The van der Waals surface area contributed by atoms with E-state index in [2.05, 4.69) is 22.0 Å². The normalized spacial score (nSPS) is 11.6. The van der Waals surface area contributed by atoms with Gasteiger partial charge in [-0.3, -0.25) is 4.79 Å². The molecule has 2 rings (SSSR count). The number of aryl methyl sites for hydroxylation is 1. The highest BCUT2D eigenvalue weighted by molar-refractivity contribution is 5.95. The Hall–Kier alpha value is -2.83. The summed E-state index contributed by atoms with van der Waals surface area (Å²) in [5.74, 6) is 1.80. The number of aromatic nitrogens is 2. The summed E-state index contributed by atoms with van der Waals surface area (Å²) in [7, 11) is 0. The second-order valence-electron chi connectivity index (χ2n) is 5.29. The van der Waals surface area contributed by atoms with E-state index >= 15 is 0 Å². The van der Waals surface area contributed by atoms with E-state index in [1.54, 1.807) is 31.2 Å². The van der Waals surface area contributed by atoms with Crippen molar-refractivity contribution in [1.29, 1.82) is 0 Å². The molecule has 1 heterocycles. The van der Waals surface area contributed by atoms with Gasteiger partial charge in [-0.15, -0.1) is 0 Å². The Labute approximate surface area is 147 Å². The highest BCUT2D eigenvalue weighted by Gasteiger charge is 2.18. The Morgan fingerprint density at radius 3 is 2.80 bits per heavy atom. The van der Waals surface area contributed by atoms with E-state index in [4.69, 9.17) is 14.0 Å². The third-order valence-corrected chi connectivity index (χ3v) is 3.38. The molecule has 0 saturated heterocycles. The topological polar surface area (TPSA) is 86.5 Å². The predicted molar refractivity (Wildman–Crippen MR) is 92.9 cm³/mol. The number of carbonyl (C=O) groups excluding carboxylic acids is 1. The molecule has 0 spiro atoms. The zero-order valence-electron chi connectivity index (χ0n) is 14.7. The Morgan fingerprint density at radius 2 is 2.16 bits per heavy atom. The van der Waals surface area contributed by atoms with Crippen LogP contribution in [0.5, 0.6) is 11.5 Å². The van der Waals surface area contributed by atoms with Gasteiger partial charge in [0, 0.05) is 12.0 Å². The van der Waals surface area contributed by atoms with Crippen LogP contribution in [0.2, 0.25) is 0 Å². The molecule has 134 valence electrons. The van der Waals surface area contributed by atoms with Crippen LogP contribution in [0, 0.1) is 0 Å². The first kappa shape index (κ1) is 18.5. The molecule has 0 saturated carbocycles. The second kappa shape index (κ2) is 8.86. The van der Waals surface area contributed by atoms with Crippen molar-refractivity contribution in [2.75, 3.05) is 13.2 Å². The van der Waals surface area contributed by atoms with E-state index in [0.29, 0.717) is 48.4 Å². The number of hydrogen-bond donors (Lipinski definition) is 1. The summed E-state index contributed by atoms with van der Waals surface area (Å²) in [6.45, 7) is 10.0. The number of ether oxygens (including phenoxy) is 2. The largest absolute Gasteiger partial charge is 0.490 e. The molecule has 25 heavy (non-hydrogen) atoms. The van der Waals surface area contributed by atoms with Gasteiger partial charge in [-0.25, -0.2) is 0 Å². The molecule has 1 N–H and O–H groups in total. The van der Waals surface area contributed by atoms with Crippen molar-refractivity contribution >= 4 is 5.91 Å². The van der Waals surface area contributed by atoms with E-state index < -0.39 is 6.04 Å². The molecule has 1 aromatic carbocycles. The first-order valence-electron chi connectivity index (χ1n) is 8.22. The van der Waals surface area contributed by atoms with Crippen molar-refractivity contribution in [3.05, 3.63) is 48.1 Å². The molecule has 0 bridgehead atoms. The van der Waals surface area contributed by atoms with Crippen LogP contribution < -0.4 is 14.8 Å². The summed E-state index contributed by atoms with van der Waals surface area (Å²) in [6.07, 6.45) is 2.32. The minimum atomic E-state index is -0.396. The van der Waals surface area contributed by atoms with E-state index in [9.17, 15) is 4.79 Å². The lowest BCUT2D eigenvalue weighted by Gasteiger charge is -2.14. The summed E-state index contributed by atoms with van der Waals surface area (Å²) in [4.78, 5) is 16.7. The summed E-state index contributed by atoms with van der Waals surface area (Å²) in [5.41, 5.74) is 0.455. The fourth-order valence-electron chi connectivity index (χ4n) is 2.11. The molecular weight excluding hydrogens is 322 g/mol. The van der Waals surface area contributed by atoms with Crippen molar-refractivity contribution in [3.63, 3.8) is 0 Å². The number of carbonyl (C=O) groups is 1. The predicted octanol–water partition coefficient (Wildman–Crippen LogP) is 3.09. The van der Waals surface area contributed by atoms with Crippen LogP contribution in [-0.2, 0) is 6.42 Å². The Morgan fingerprint density at radius 1 is 1.36 bits per heavy atom. The lowest BCUT2D eigenvalue weighted by atomic mass is 10.1. The Kier molecular flexibility index (Phi) is 6.56. The standard InChI is InChI=1S/C18H23N3O4/c1-5-10-24-14-9-8-13(11-15(14)23-7-3)17(22)19-12(4)18-20-16(6-2)21-25-18/h5,8-9,11-12H,1,6-7,10H2,2-4H3,(H,19,22)/t12-/m1/s1. The number of nitrogens with one attached hydrogen (secondary N) is 1. The van der Waals surface area contributed by atoms with E-state index in [1.165, 1.54) is 0 Å². The van der Waals surface area contributed by atoms with Gasteiger partial charge in [0.05, 0.1) is 6.61 Å². The lowest BCUT2D eigenvalue weighted by molar-refractivity contribution is 0.0932. The molecule has 0 aliphatic rings. The van der Waals surface area contributed by atoms with Crippen LogP contribution >= 0.6 is 0 Å². The summed E-state index contributed by atoms with van der Waals surface area (Å²) < 4.78 is 16.2. The van der Waals surface area contributed by atoms with Gasteiger partial charge in [0.25, 0.3) is 5.91 Å². The van der Waals surface area contributed by atoms with Crippen LogP contribution in [-0.4, -0.2) is 29.3 Å². The zero-order chi connectivity index (χ0) is 18.2. The Bertz CT molecular complexity index is 727. The average molecular weight is 345 g/mol. The molecule has 2 aromatic rings. The second-order valence-corrected chi connectivity index (χ2v) is 5.29. The van der Waals surface area contributed by atoms with Gasteiger partial charge in [0.2, 0.25) is 5.89 Å². The maximum atomic E-state index is 12.5. The molecule has 0 aliphatic heterocycles. The van der Waals surface area contributed by atoms with Gasteiger partial charge < -0.3 is 19.3 Å². The summed E-state index contributed by atoms with van der Waals surface area (Å²) >= 11 is 0. The van der Waals surface area contributed by atoms with Crippen LogP contribution in [0.15, 0.2) is 35.4 Å². The minimum Gasteiger partial charge on any atom is -0.490 e. The Balaban J connectivity index is 2.12. The number of hydrogen-bond acceptors (Lipinski definition) is 6. The molecular formula is C18H23N3O4. The molecule has 0 aliphatic carbocycles. The average Bonchev–Trinajstić information content (AvgIpc) is 3.10. The molecule has 0 unspecified atom stereocenters. The molecule has 0 fully saturated rings. The smallest absolute Gasteiger partial charge is 0.252 e. The fraction of sp³-hybridized carbons (Fsp3) is 0.389. The fourth-order valence-corrected chi connectivity index (χ4v) is 2.11. The van der Waals surface area contributed by atoms with Crippen LogP contribution in [0.3, 0.4) is 0 Å². The molecule has 7 nitrogen and oxygen atoms in total. The number of nitrogens with zero attached hydrogens (tertiary/aromatic N) is 2. The van der Waals surface area contributed by atoms with Crippen LogP contribution in [0.4, 0.5) is 0 Å². The van der Waals surface area contributed by atoms with Crippen molar-refractivity contribution in [3.8, 4) is 11.5 Å². The highest BCUT2D eigenvalue weighted by atomic mass is 16.5. The van der Waals surface area contributed by atoms with Gasteiger partial charge >= 0.3 is 0 Å². The quantitative estimate of drug-likeness (QED) is 0.703. The molecule has 1 atom stereocenters. The van der Waals surface area contributed by atoms with Gasteiger partial charge in [0.1, 0.15) is 12.6 Å². The number of rotatable bonds is 9. The van der Waals surface area contributed by atoms with E-state index in [-0.39, 0.29) is 5.91 Å². The van der Waals surface area contributed by atoms with Crippen molar-refractivity contribution in [1.82, 2.24) is 15.5 Å². The van der Waals surface area contributed by atoms with Gasteiger partial charge in [0.15, 0.2) is 17.3 Å². The van der Waals surface area contributed by atoms with Crippen molar-refractivity contribution in [2.24, 2.45) is 0 Å². The minimum absolute atomic E-state index is 0.264. The van der Waals surface area contributed by atoms with Gasteiger partial charge in [-0.1, -0.05) is 24.7 Å². The van der Waals surface area contributed by atoms with Crippen LogP contribution in [0.25, 0.3) is 0 Å². The number of amides is 1. The maximum Gasteiger partial charge on any atom is 0.252 e. The van der Waals surface area contributed by atoms with Gasteiger partial charge in [-0.2, -0.15) is 4.98 Å². The molecule has 1 amide bonds. The molecule has 7 heteroatoms. The van der Waals surface area contributed by atoms with E-state index in [0.717, 1.165) is 0 Å². The monoisotopic (exact) mass is 345 g/mol. The lowest BCUT2D eigenvalue weighted by Crippen LogP contribution is -2.27. The van der Waals surface area contributed by atoms with Gasteiger partial charge in [-0.05, 0) is 32.0 Å². The zero-order valence-corrected chi connectivity index (χ0v) is 14.7. The third-order valence-electron chi connectivity index (χ3n) is 3.38. The highest BCUT2D eigenvalue weighted by Crippen LogP contribution is 2.28. The number of benzene rings is 1. The van der Waals surface area contributed by atoms with Crippen LogP contribution in [0.1, 0.15) is 48.9 Å². The van der Waals surface area contributed by atoms with E-state index in [1.807, 2.05) is 13.8 Å². The SMILES string of the molecule is C=CCOc1ccc(C(=O)N[C@H](C)c2nc(CC)no2)cc1OCC. The summed E-state index contributed by atoms with van der Waals surface area (Å²) in [6, 6.07) is 4.63. The van der Waals surface area contributed by atoms with Crippen molar-refractivity contribution in [2.45, 2.75) is 33.2 Å². The molecule has 1 aromatic heterocycles. The summed E-state index contributed by atoms with van der Waals surface area (Å²) in [5, 5.41) is 6.67. The first-order valence-corrected chi connectivity index (χ1v) is 8.22.